The van der Waals surface area contributed by atoms with Crippen LogP contribution in [-0.2, 0) is 16.6 Å². The van der Waals surface area contributed by atoms with E-state index in [9.17, 15) is 9.59 Å². The molecule has 6 nitrogen and oxygen atoms in total. The van der Waals surface area contributed by atoms with Gasteiger partial charge in [0.2, 0.25) is 0 Å². The van der Waals surface area contributed by atoms with E-state index in [0.29, 0.717) is 11.5 Å². The quantitative estimate of drug-likeness (QED) is 0.565. The number of carbonyl (C=O) groups excluding carboxylic acids is 2. The second kappa shape index (κ2) is 8.69. The third kappa shape index (κ3) is 3.95. The van der Waals surface area contributed by atoms with E-state index in [1.54, 1.807) is 17.0 Å². The first-order chi connectivity index (χ1) is 14.6. The highest BCUT2D eigenvalue weighted by Gasteiger charge is 2.32. The van der Waals surface area contributed by atoms with Crippen LogP contribution in [0.1, 0.15) is 48.0 Å². The number of amides is 1. The van der Waals surface area contributed by atoms with E-state index >= 15 is 0 Å². The molecule has 2 aromatic rings. The molecule has 2 aliphatic rings. The van der Waals surface area contributed by atoms with Gasteiger partial charge in [0.1, 0.15) is 0 Å². The molecule has 2 heterocycles. The van der Waals surface area contributed by atoms with E-state index in [1.807, 2.05) is 36.2 Å². The Morgan fingerprint density at radius 2 is 1.93 bits per heavy atom. The Balaban J connectivity index is 1.62. The van der Waals surface area contributed by atoms with Crippen LogP contribution >= 0.6 is 0 Å². The van der Waals surface area contributed by atoms with Gasteiger partial charge in [-0.1, -0.05) is 30.3 Å². The third-order valence-corrected chi connectivity index (χ3v) is 5.99. The van der Waals surface area contributed by atoms with Crippen molar-refractivity contribution in [1.29, 1.82) is 0 Å². The maximum atomic E-state index is 13.5. The van der Waals surface area contributed by atoms with E-state index < -0.39 is 5.97 Å². The zero-order valence-corrected chi connectivity index (χ0v) is 17.5. The molecule has 30 heavy (non-hydrogen) atoms. The number of rotatable bonds is 4. The van der Waals surface area contributed by atoms with Crippen molar-refractivity contribution in [2.24, 2.45) is 13.0 Å². The molecule has 1 aliphatic heterocycles. The van der Waals surface area contributed by atoms with Crippen LogP contribution in [0.5, 0.6) is 0 Å². The van der Waals surface area contributed by atoms with Crippen molar-refractivity contribution in [2.45, 2.75) is 32.1 Å². The first-order valence-electron chi connectivity index (χ1n) is 10.5. The zero-order chi connectivity index (χ0) is 21.1. The number of hydrogen-bond donors (Lipinski definition) is 0. The SMILES string of the molecule is COC(=O)/C=C/c1ccc(-c2c(C(=O)N3CCCC4CCCC=C43)cnn2C)cc1. The third-order valence-electron chi connectivity index (χ3n) is 5.99. The minimum atomic E-state index is -0.393. The van der Waals surface area contributed by atoms with E-state index in [1.165, 1.54) is 38.1 Å². The largest absolute Gasteiger partial charge is 0.466 e. The van der Waals surface area contributed by atoms with Crippen LogP contribution in [-0.4, -0.2) is 40.2 Å². The summed E-state index contributed by atoms with van der Waals surface area (Å²) < 4.78 is 6.38. The molecule has 1 aromatic heterocycles. The van der Waals surface area contributed by atoms with Crippen molar-refractivity contribution in [3.8, 4) is 11.3 Å². The Morgan fingerprint density at radius 1 is 1.17 bits per heavy atom. The highest BCUT2D eigenvalue weighted by molar-refractivity contribution is 6.01. The van der Waals surface area contributed by atoms with Gasteiger partial charge in [-0.05, 0) is 49.7 Å². The molecule has 0 radical (unpaired) electrons. The average molecular weight is 405 g/mol. The van der Waals surface area contributed by atoms with Gasteiger partial charge >= 0.3 is 5.97 Å². The summed E-state index contributed by atoms with van der Waals surface area (Å²) in [6, 6.07) is 7.72. The summed E-state index contributed by atoms with van der Waals surface area (Å²) in [6.45, 7) is 0.771. The number of allylic oxidation sites excluding steroid dienone is 2. The number of likely N-dealkylation sites (tertiary alicyclic amines) is 1. The van der Waals surface area contributed by atoms with Crippen LogP contribution in [0.15, 0.2) is 48.3 Å². The normalized spacial score (nSPS) is 18.8. The van der Waals surface area contributed by atoms with Crippen molar-refractivity contribution < 1.29 is 14.3 Å². The summed E-state index contributed by atoms with van der Waals surface area (Å²) >= 11 is 0. The summed E-state index contributed by atoms with van der Waals surface area (Å²) in [4.78, 5) is 26.8. The van der Waals surface area contributed by atoms with Gasteiger partial charge in [-0.2, -0.15) is 5.10 Å². The molecule has 1 saturated heterocycles. The van der Waals surface area contributed by atoms with E-state index in [0.717, 1.165) is 36.2 Å². The molecule has 156 valence electrons. The number of piperidine rings is 1. The topological polar surface area (TPSA) is 64.4 Å². The molecule has 1 amide bonds. The number of nitrogens with zero attached hydrogens (tertiary/aromatic N) is 3. The van der Waals surface area contributed by atoms with Crippen LogP contribution in [0.2, 0.25) is 0 Å². The summed E-state index contributed by atoms with van der Waals surface area (Å²) in [5, 5.41) is 4.38. The van der Waals surface area contributed by atoms with Gasteiger partial charge < -0.3 is 9.64 Å². The number of fused-ring (bicyclic) bond motifs is 1. The maximum absolute atomic E-state index is 13.5. The molecular weight excluding hydrogens is 378 g/mol. The lowest BCUT2D eigenvalue weighted by Gasteiger charge is -2.38. The Hall–Kier alpha value is -3.15. The molecule has 0 saturated carbocycles. The predicted molar refractivity (Wildman–Crippen MR) is 115 cm³/mol. The minimum absolute atomic E-state index is 0.0330. The lowest BCUT2D eigenvalue weighted by Crippen LogP contribution is -2.39. The molecule has 4 rings (SSSR count). The maximum Gasteiger partial charge on any atom is 0.330 e. The van der Waals surface area contributed by atoms with Crippen molar-refractivity contribution in [3.05, 3.63) is 59.4 Å². The molecule has 1 fully saturated rings. The molecule has 1 unspecified atom stereocenters. The fraction of sp³-hybridized carbons (Fsp3) is 0.375. The smallest absolute Gasteiger partial charge is 0.330 e. The van der Waals surface area contributed by atoms with Gasteiger partial charge in [-0.3, -0.25) is 9.48 Å². The van der Waals surface area contributed by atoms with Crippen LogP contribution in [0.4, 0.5) is 0 Å². The van der Waals surface area contributed by atoms with Gasteiger partial charge in [0, 0.05) is 30.9 Å². The van der Waals surface area contributed by atoms with Crippen molar-refractivity contribution >= 4 is 18.0 Å². The number of esters is 1. The Morgan fingerprint density at radius 3 is 2.70 bits per heavy atom. The summed E-state index contributed by atoms with van der Waals surface area (Å²) in [6.07, 6.45) is 12.7. The molecule has 1 atom stereocenters. The lowest BCUT2D eigenvalue weighted by atomic mass is 9.84. The highest BCUT2D eigenvalue weighted by atomic mass is 16.5. The minimum Gasteiger partial charge on any atom is -0.466 e. The highest BCUT2D eigenvalue weighted by Crippen LogP contribution is 2.36. The number of ether oxygens (including phenoxy) is 1. The van der Waals surface area contributed by atoms with Gasteiger partial charge in [-0.25, -0.2) is 4.79 Å². The number of benzene rings is 1. The van der Waals surface area contributed by atoms with E-state index in [-0.39, 0.29) is 5.91 Å². The van der Waals surface area contributed by atoms with Gasteiger partial charge in [0.05, 0.1) is 24.6 Å². The monoisotopic (exact) mass is 405 g/mol. The Bertz CT molecular complexity index is 1000. The molecule has 0 spiro atoms. The summed E-state index contributed by atoms with van der Waals surface area (Å²) in [7, 11) is 3.21. The number of aryl methyl sites for hydroxylation is 1. The standard InChI is InChI=1S/C24H27N3O3/c1-26-23(19-12-9-17(10-13-19)11-14-22(28)30-2)20(16-25-26)24(29)27-15-5-7-18-6-3-4-8-21(18)27/h8-14,16,18H,3-7,15H2,1-2H3/b14-11+. The number of aromatic nitrogens is 2. The number of hydrogen-bond acceptors (Lipinski definition) is 4. The molecule has 6 heteroatoms. The number of carbonyl (C=O) groups is 2. The van der Waals surface area contributed by atoms with Crippen LogP contribution in [0.25, 0.3) is 17.3 Å². The molecule has 1 aliphatic carbocycles. The van der Waals surface area contributed by atoms with Crippen LogP contribution in [0.3, 0.4) is 0 Å². The Labute approximate surface area is 176 Å². The van der Waals surface area contributed by atoms with Gasteiger partial charge in [-0.15, -0.1) is 0 Å². The lowest BCUT2D eigenvalue weighted by molar-refractivity contribution is -0.134. The fourth-order valence-electron chi connectivity index (χ4n) is 4.46. The van der Waals surface area contributed by atoms with E-state index in [2.05, 4.69) is 15.9 Å². The van der Waals surface area contributed by atoms with Crippen molar-refractivity contribution in [1.82, 2.24) is 14.7 Å². The summed E-state index contributed by atoms with van der Waals surface area (Å²) in [5.74, 6) is 0.151. The Kier molecular flexibility index (Phi) is 5.84. The molecular formula is C24H27N3O3. The first-order valence-corrected chi connectivity index (χ1v) is 10.5. The van der Waals surface area contributed by atoms with Crippen LogP contribution < -0.4 is 0 Å². The predicted octanol–water partition coefficient (Wildman–Crippen LogP) is 4.19. The zero-order valence-electron chi connectivity index (χ0n) is 17.5. The van der Waals surface area contributed by atoms with Crippen molar-refractivity contribution in [3.63, 3.8) is 0 Å². The van der Waals surface area contributed by atoms with Gasteiger partial charge in [0.25, 0.3) is 5.91 Å². The molecule has 0 bridgehead atoms. The summed E-state index contributed by atoms with van der Waals surface area (Å²) in [5.41, 5.74) is 4.44. The average Bonchev–Trinajstić information content (AvgIpc) is 3.18. The molecule has 0 N–H and O–H groups in total. The van der Waals surface area contributed by atoms with Gasteiger partial charge in [0.15, 0.2) is 0 Å². The fourth-order valence-corrected chi connectivity index (χ4v) is 4.46. The second-order valence-corrected chi connectivity index (χ2v) is 7.86. The van der Waals surface area contributed by atoms with Crippen molar-refractivity contribution in [2.75, 3.05) is 13.7 Å². The second-order valence-electron chi connectivity index (χ2n) is 7.86. The van der Waals surface area contributed by atoms with E-state index in [4.69, 9.17) is 0 Å². The number of methoxy groups -OCH3 is 1. The first kappa shape index (κ1) is 20.1. The van der Waals surface area contributed by atoms with Crippen LogP contribution in [0, 0.1) is 5.92 Å². The molecule has 1 aromatic carbocycles.